The average Bonchev–Trinajstić information content (AvgIpc) is 3.42. The van der Waals surface area contributed by atoms with Gasteiger partial charge in [0, 0.05) is 30.3 Å². The number of aliphatic hydroxyl groups is 1. The fourth-order valence-corrected chi connectivity index (χ4v) is 6.76. The summed E-state index contributed by atoms with van der Waals surface area (Å²) in [7, 11) is 0. The fourth-order valence-electron chi connectivity index (χ4n) is 6.76. The number of rotatable bonds is 3. The first-order chi connectivity index (χ1) is 13.6. The maximum absolute atomic E-state index is 13.3. The molecule has 3 fully saturated rings. The Morgan fingerprint density at radius 1 is 1.24 bits per heavy atom. The zero-order chi connectivity index (χ0) is 20.6. The highest BCUT2D eigenvalue weighted by Crippen LogP contribution is 2.59. The van der Waals surface area contributed by atoms with Crippen LogP contribution in [0.3, 0.4) is 0 Å². The molecule has 3 aliphatic carbocycles. The summed E-state index contributed by atoms with van der Waals surface area (Å²) in [5.74, 6) is 1.25. The van der Waals surface area contributed by atoms with Gasteiger partial charge in [-0.1, -0.05) is 26.8 Å². The number of fused-ring (bicyclic) bond motifs is 1. The molecule has 4 heteroatoms. The van der Waals surface area contributed by atoms with E-state index in [0.29, 0.717) is 18.6 Å². The molecule has 4 unspecified atom stereocenters. The molecule has 0 aromatic heterocycles. The number of benzene rings is 1. The molecule has 2 N–H and O–H groups in total. The highest BCUT2D eigenvalue weighted by molar-refractivity contribution is 5.85. The Labute approximate surface area is 174 Å². The Balaban J connectivity index is 1.60. The molecule has 1 saturated heterocycles. The molecule has 1 aromatic carbocycles. The predicted molar refractivity (Wildman–Crippen MR) is 113 cm³/mol. The summed E-state index contributed by atoms with van der Waals surface area (Å²) in [5.41, 5.74) is 0.861. The van der Waals surface area contributed by atoms with E-state index in [4.69, 9.17) is 0 Å². The second-order valence-corrected chi connectivity index (χ2v) is 11.6. The molecule has 5 rings (SSSR count). The van der Waals surface area contributed by atoms with Crippen molar-refractivity contribution in [2.24, 2.45) is 17.3 Å². The Kier molecular flexibility index (Phi) is 4.25. The lowest BCUT2D eigenvalue weighted by atomic mass is 9.47. The molecular weight excluding hydrogens is 362 g/mol. The van der Waals surface area contributed by atoms with Crippen molar-refractivity contribution in [2.75, 3.05) is 13.1 Å². The summed E-state index contributed by atoms with van der Waals surface area (Å²) >= 11 is 0. The van der Waals surface area contributed by atoms with Crippen molar-refractivity contribution in [1.82, 2.24) is 4.90 Å². The smallest absolute Gasteiger partial charge is 0.137 e. The summed E-state index contributed by atoms with van der Waals surface area (Å²) < 4.78 is 0. The molecule has 1 aliphatic heterocycles. The number of likely N-dealkylation sites (tertiary alicyclic amines) is 1. The molecule has 2 bridgehead atoms. The summed E-state index contributed by atoms with van der Waals surface area (Å²) in [5, 5.41) is 22.6. The Bertz CT molecular complexity index is 839. The highest BCUT2D eigenvalue weighted by atomic mass is 16.3. The molecule has 0 amide bonds. The van der Waals surface area contributed by atoms with Gasteiger partial charge in [-0.25, -0.2) is 0 Å². The first kappa shape index (κ1) is 19.6. The van der Waals surface area contributed by atoms with Crippen molar-refractivity contribution in [1.29, 1.82) is 0 Å². The van der Waals surface area contributed by atoms with Crippen LogP contribution in [0, 0.1) is 17.3 Å². The van der Waals surface area contributed by atoms with Crippen molar-refractivity contribution in [3.05, 3.63) is 29.3 Å². The van der Waals surface area contributed by atoms with Gasteiger partial charge in [-0.15, -0.1) is 0 Å². The van der Waals surface area contributed by atoms with Crippen LogP contribution in [0.25, 0.3) is 0 Å². The van der Waals surface area contributed by atoms with Crippen LogP contribution < -0.4 is 0 Å². The van der Waals surface area contributed by atoms with E-state index in [1.54, 1.807) is 6.07 Å². The van der Waals surface area contributed by atoms with Gasteiger partial charge in [-0.2, -0.15) is 0 Å². The van der Waals surface area contributed by atoms with Gasteiger partial charge in [0.15, 0.2) is 0 Å². The Morgan fingerprint density at radius 2 is 2.00 bits per heavy atom. The number of Topliss-reactive ketones (excluding diaryl/α,β-unsaturated/α-hetero) is 1. The van der Waals surface area contributed by atoms with Crippen molar-refractivity contribution in [3.8, 4) is 5.75 Å². The number of nitrogens with zero attached hydrogens (tertiary/aromatic N) is 1. The minimum absolute atomic E-state index is 0.0643. The largest absolute Gasteiger partial charge is 0.508 e. The number of carbonyl (C=O) groups is 1. The summed E-state index contributed by atoms with van der Waals surface area (Å²) in [6, 6.07) is 5.69. The number of carbonyl (C=O) groups excluding carboxylic acids is 1. The molecule has 1 heterocycles. The molecule has 0 radical (unpaired) electrons. The number of aromatic hydroxyl groups is 1. The van der Waals surface area contributed by atoms with Crippen LogP contribution in [0.15, 0.2) is 18.2 Å². The molecule has 0 spiro atoms. The topological polar surface area (TPSA) is 60.8 Å². The van der Waals surface area contributed by atoms with Gasteiger partial charge in [0.2, 0.25) is 0 Å². The molecular formula is C25H35NO3. The van der Waals surface area contributed by atoms with E-state index in [2.05, 4.69) is 25.7 Å². The average molecular weight is 398 g/mol. The monoisotopic (exact) mass is 397 g/mol. The number of ketones is 1. The van der Waals surface area contributed by atoms with Crippen LogP contribution in [-0.4, -0.2) is 45.6 Å². The fraction of sp³-hybridized carbons (Fsp3) is 0.720. The molecule has 158 valence electrons. The maximum atomic E-state index is 13.3. The number of hydrogen-bond donors (Lipinski definition) is 2. The normalized spacial score (nSPS) is 37.2. The number of phenols is 1. The maximum Gasteiger partial charge on any atom is 0.137 e. The van der Waals surface area contributed by atoms with E-state index in [-0.39, 0.29) is 23.1 Å². The quantitative estimate of drug-likeness (QED) is 0.814. The van der Waals surface area contributed by atoms with Crippen molar-refractivity contribution >= 4 is 5.78 Å². The minimum atomic E-state index is -0.898. The molecule has 2 saturated carbocycles. The van der Waals surface area contributed by atoms with Crippen LogP contribution in [-0.2, 0) is 16.6 Å². The summed E-state index contributed by atoms with van der Waals surface area (Å²) in [6.07, 6.45) is 6.03. The standard InChI is InChI=1S/C25H35NO3/c1-23(2,3)12-18-13-25(29)22-10-17-6-7-19(27)11-20(17)24(25,14-21(18)28)8-9-26(22)15-16-4-5-16/h6-7,11,16,18,22,27,29H,4-5,8-10,12-15H2,1-3H3. The SMILES string of the molecule is CC(C)(C)CC1CC2(O)C3Cc4ccc(O)cc4C2(CCN3CC2CC2)CC1=O. The third kappa shape index (κ3) is 3.06. The van der Waals surface area contributed by atoms with E-state index < -0.39 is 11.0 Å². The van der Waals surface area contributed by atoms with Gasteiger partial charge in [0.1, 0.15) is 11.5 Å². The van der Waals surface area contributed by atoms with E-state index in [1.165, 1.54) is 18.4 Å². The summed E-state index contributed by atoms with van der Waals surface area (Å²) in [4.78, 5) is 15.9. The van der Waals surface area contributed by atoms with Crippen molar-refractivity contribution in [3.63, 3.8) is 0 Å². The van der Waals surface area contributed by atoms with Crippen LogP contribution in [0.4, 0.5) is 0 Å². The lowest BCUT2D eigenvalue weighted by molar-refractivity contribution is -0.183. The predicted octanol–water partition coefficient (Wildman–Crippen LogP) is 3.82. The lowest BCUT2D eigenvalue weighted by Gasteiger charge is -2.64. The van der Waals surface area contributed by atoms with Crippen molar-refractivity contribution < 1.29 is 15.0 Å². The highest BCUT2D eigenvalue weighted by Gasteiger charge is 2.66. The first-order valence-electron chi connectivity index (χ1n) is 11.4. The van der Waals surface area contributed by atoms with E-state index in [1.807, 2.05) is 12.1 Å². The molecule has 4 nitrogen and oxygen atoms in total. The Hall–Kier alpha value is -1.39. The van der Waals surface area contributed by atoms with Crippen molar-refractivity contribution in [2.45, 2.75) is 82.8 Å². The molecule has 1 aromatic rings. The van der Waals surface area contributed by atoms with Gasteiger partial charge < -0.3 is 10.2 Å². The third-order valence-corrected chi connectivity index (χ3v) is 8.21. The number of phenolic OH excluding ortho intramolecular Hbond substituents is 1. The molecule has 4 atom stereocenters. The van der Waals surface area contributed by atoms with Crippen LogP contribution in [0.5, 0.6) is 5.75 Å². The van der Waals surface area contributed by atoms with Gasteiger partial charge in [-0.3, -0.25) is 9.69 Å². The Morgan fingerprint density at radius 3 is 2.69 bits per heavy atom. The molecule has 29 heavy (non-hydrogen) atoms. The zero-order valence-electron chi connectivity index (χ0n) is 18.1. The first-order valence-corrected chi connectivity index (χ1v) is 11.4. The van der Waals surface area contributed by atoms with Gasteiger partial charge in [0.05, 0.1) is 5.60 Å². The second kappa shape index (κ2) is 6.31. The van der Waals surface area contributed by atoms with E-state index in [9.17, 15) is 15.0 Å². The third-order valence-electron chi connectivity index (χ3n) is 8.21. The van der Waals surface area contributed by atoms with E-state index >= 15 is 0 Å². The second-order valence-electron chi connectivity index (χ2n) is 11.6. The lowest BCUT2D eigenvalue weighted by Crippen LogP contribution is -2.74. The van der Waals surface area contributed by atoms with Gasteiger partial charge >= 0.3 is 0 Å². The van der Waals surface area contributed by atoms with E-state index in [0.717, 1.165) is 43.8 Å². The molecule has 4 aliphatic rings. The number of piperidine rings is 1. The zero-order valence-corrected chi connectivity index (χ0v) is 18.1. The minimum Gasteiger partial charge on any atom is -0.508 e. The number of hydrogen-bond acceptors (Lipinski definition) is 4. The van der Waals surface area contributed by atoms with Gasteiger partial charge in [-0.05, 0) is 79.7 Å². The summed E-state index contributed by atoms with van der Waals surface area (Å²) in [6.45, 7) is 8.57. The van der Waals surface area contributed by atoms with Crippen LogP contribution in [0.2, 0.25) is 0 Å². The van der Waals surface area contributed by atoms with Crippen LogP contribution in [0.1, 0.15) is 70.4 Å². The van der Waals surface area contributed by atoms with Crippen LogP contribution >= 0.6 is 0 Å². The van der Waals surface area contributed by atoms with Gasteiger partial charge in [0.25, 0.3) is 0 Å².